The van der Waals surface area contributed by atoms with Gasteiger partial charge in [0.1, 0.15) is 5.75 Å². The second-order valence-electron chi connectivity index (χ2n) is 4.59. The number of nitrogen functional groups attached to an aromatic ring is 1. The number of amides is 1. The molecule has 0 fully saturated rings. The fourth-order valence-electron chi connectivity index (χ4n) is 1.84. The summed E-state index contributed by atoms with van der Waals surface area (Å²) < 4.78 is 0.542. The van der Waals surface area contributed by atoms with Gasteiger partial charge in [0.15, 0.2) is 0 Å². The molecule has 0 saturated carbocycles. The Morgan fingerprint density at radius 1 is 1.25 bits per heavy atom. The van der Waals surface area contributed by atoms with Crippen LogP contribution in [0.1, 0.15) is 21.5 Å². The lowest BCUT2D eigenvalue weighted by atomic mass is 10.1. The molecule has 0 bridgehead atoms. The lowest BCUT2D eigenvalue weighted by molar-refractivity contribution is 0.102. The van der Waals surface area contributed by atoms with E-state index in [1.807, 2.05) is 19.9 Å². The second kappa shape index (κ2) is 5.54. The number of aromatic hydroxyl groups is 1. The minimum absolute atomic E-state index is 0.0200. The third-order valence-corrected chi connectivity index (χ3v) is 3.89. The van der Waals surface area contributed by atoms with Crippen molar-refractivity contribution in [3.8, 4) is 5.75 Å². The van der Waals surface area contributed by atoms with Crippen molar-refractivity contribution >= 4 is 33.2 Å². The van der Waals surface area contributed by atoms with E-state index < -0.39 is 0 Å². The molecule has 2 rings (SSSR count). The Morgan fingerprint density at radius 2 is 1.95 bits per heavy atom. The first-order valence-corrected chi connectivity index (χ1v) is 6.85. The van der Waals surface area contributed by atoms with Crippen molar-refractivity contribution in [2.75, 3.05) is 11.1 Å². The predicted molar refractivity (Wildman–Crippen MR) is 84.1 cm³/mol. The molecule has 0 aromatic heterocycles. The van der Waals surface area contributed by atoms with Crippen molar-refractivity contribution < 1.29 is 9.90 Å². The van der Waals surface area contributed by atoms with Crippen molar-refractivity contribution in [3.63, 3.8) is 0 Å². The van der Waals surface area contributed by atoms with Gasteiger partial charge < -0.3 is 16.2 Å². The number of rotatable bonds is 2. The molecule has 0 unspecified atom stereocenters. The van der Waals surface area contributed by atoms with E-state index in [0.29, 0.717) is 21.4 Å². The van der Waals surface area contributed by atoms with Gasteiger partial charge in [0.2, 0.25) is 0 Å². The van der Waals surface area contributed by atoms with Crippen LogP contribution in [-0.4, -0.2) is 11.0 Å². The van der Waals surface area contributed by atoms with Gasteiger partial charge >= 0.3 is 0 Å². The highest BCUT2D eigenvalue weighted by molar-refractivity contribution is 9.10. The third-order valence-electron chi connectivity index (χ3n) is 3.21. The van der Waals surface area contributed by atoms with Crippen LogP contribution in [0.2, 0.25) is 0 Å². The zero-order valence-electron chi connectivity index (χ0n) is 11.2. The monoisotopic (exact) mass is 334 g/mol. The van der Waals surface area contributed by atoms with Crippen LogP contribution in [0.4, 0.5) is 11.4 Å². The number of carbonyl (C=O) groups is 1. The first-order valence-electron chi connectivity index (χ1n) is 6.05. The maximum atomic E-state index is 12.2. The number of benzene rings is 2. The molecule has 4 N–H and O–H groups in total. The fourth-order valence-corrected chi connectivity index (χ4v) is 2.09. The first kappa shape index (κ1) is 14.4. The molecule has 0 aliphatic carbocycles. The third kappa shape index (κ3) is 2.77. The minimum atomic E-state index is -0.312. The molecule has 0 aliphatic heterocycles. The maximum Gasteiger partial charge on any atom is 0.255 e. The molecule has 4 nitrogen and oxygen atoms in total. The number of phenolic OH excluding ortho intramolecular Hbond substituents is 1. The number of carbonyl (C=O) groups excluding carboxylic acids is 1. The van der Waals surface area contributed by atoms with Crippen molar-refractivity contribution in [3.05, 3.63) is 51.5 Å². The molecule has 20 heavy (non-hydrogen) atoms. The predicted octanol–water partition coefficient (Wildman–Crippen LogP) is 3.61. The van der Waals surface area contributed by atoms with Crippen molar-refractivity contribution in [1.29, 1.82) is 0 Å². The van der Waals surface area contributed by atoms with Crippen LogP contribution in [-0.2, 0) is 0 Å². The van der Waals surface area contributed by atoms with Gasteiger partial charge in [-0.3, -0.25) is 4.79 Å². The number of anilines is 2. The number of hydrogen-bond acceptors (Lipinski definition) is 3. The van der Waals surface area contributed by atoms with Gasteiger partial charge in [0.05, 0.1) is 15.8 Å². The molecule has 2 aromatic carbocycles. The van der Waals surface area contributed by atoms with Gasteiger partial charge in [0.25, 0.3) is 5.91 Å². The summed E-state index contributed by atoms with van der Waals surface area (Å²) >= 11 is 3.18. The molecule has 0 radical (unpaired) electrons. The molecule has 2 aromatic rings. The topological polar surface area (TPSA) is 75.3 Å². The van der Waals surface area contributed by atoms with Gasteiger partial charge in [-0.15, -0.1) is 0 Å². The quantitative estimate of drug-likeness (QED) is 0.734. The molecule has 0 atom stereocenters. The highest BCUT2D eigenvalue weighted by Gasteiger charge is 2.12. The zero-order valence-corrected chi connectivity index (χ0v) is 12.8. The number of nitrogens with two attached hydrogens (primary N) is 1. The molecule has 0 aliphatic rings. The summed E-state index contributed by atoms with van der Waals surface area (Å²) in [5.74, 6) is -0.292. The summed E-state index contributed by atoms with van der Waals surface area (Å²) in [4.78, 5) is 12.2. The number of hydrogen-bond donors (Lipinski definition) is 3. The molecule has 0 spiro atoms. The maximum absolute atomic E-state index is 12.2. The highest BCUT2D eigenvalue weighted by Crippen LogP contribution is 2.28. The Bertz CT molecular complexity index is 684. The Labute approximate surface area is 125 Å². The van der Waals surface area contributed by atoms with Gasteiger partial charge in [-0.1, -0.05) is 6.07 Å². The van der Waals surface area contributed by atoms with E-state index in [4.69, 9.17) is 5.73 Å². The van der Waals surface area contributed by atoms with Crippen molar-refractivity contribution in [2.24, 2.45) is 0 Å². The van der Waals surface area contributed by atoms with E-state index in [0.717, 1.165) is 11.1 Å². The fraction of sp³-hybridized carbons (Fsp3) is 0.133. The number of halogens is 1. The lowest BCUT2D eigenvalue weighted by Gasteiger charge is -2.13. The summed E-state index contributed by atoms with van der Waals surface area (Å²) in [6.07, 6.45) is 0. The van der Waals surface area contributed by atoms with Gasteiger partial charge in [-0.25, -0.2) is 0 Å². The van der Waals surface area contributed by atoms with Crippen LogP contribution in [0.5, 0.6) is 5.75 Å². The van der Waals surface area contributed by atoms with E-state index >= 15 is 0 Å². The van der Waals surface area contributed by atoms with Gasteiger partial charge in [0, 0.05) is 5.56 Å². The van der Waals surface area contributed by atoms with Crippen molar-refractivity contribution in [1.82, 2.24) is 0 Å². The van der Waals surface area contributed by atoms with Crippen LogP contribution in [0.25, 0.3) is 0 Å². The van der Waals surface area contributed by atoms with Crippen LogP contribution in [0, 0.1) is 13.8 Å². The number of aryl methyl sites for hydroxylation is 1. The highest BCUT2D eigenvalue weighted by atomic mass is 79.9. The SMILES string of the molecule is Cc1ccc(N)c(NC(=O)c2ccc(Br)c(O)c2)c1C. The van der Waals surface area contributed by atoms with E-state index in [1.54, 1.807) is 18.2 Å². The summed E-state index contributed by atoms with van der Waals surface area (Å²) in [6.45, 7) is 3.86. The smallest absolute Gasteiger partial charge is 0.255 e. The largest absolute Gasteiger partial charge is 0.507 e. The van der Waals surface area contributed by atoms with E-state index in [-0.39, 0.29) is 11.7 Å². The normalized spacial score (nSPS) is 10.3. The standard InChI is InChI=1S/C15H15BrN2O2/c1-8-3-6-12(17)14(9(8)2)18-15(20)10-4-5-11(16)13(19)7-10/h3-7,19H,17H2,1-2H3,(H,18,20). The van der Waals surface area contributed by atoms with Gasteiger partial charge in [-0.2, -0.15) is 0 Å². The molecular weight excluding hydrogens is 320 g/mol. The van der Waals surface area contributed by atoms with E-state index in [2.05, 4.69) is 21.2 Å². The minimum Gasteiger partial charge on any atom is -0.507 e. The summed E-state index contributed by atoms with van der Waals surface area (Å²) in [7, 11) is 0. The molecule has 104 valence electrons. The van der Waals surface area contributed by atoms with Crippen LogP contribution >= 0.6 is 15.9 Å². The number of nitrogens with one attached hydrogen (secondary N) is 1. The molecule has 0 saturated heterocycles. The molecule has 0 heterocycles. The van der Waals surface area contributed by atoms with E-state index in [1.165, 1.54) is 6.07 Å². The second-order valence-corrected chi connectivity index (χ2v) is 5.45. The Kier molecular flexibility index (Phi) is 3.99. The summed E-state index contributed by atoms with van der Waals surface area (Å²) in [5, 5.41) is 12.4. The molecule has 1 amide bonds. The lowest BCUT2D eigenvalue weighted by Crippen LogP contribution is -2.14. The molecule has 5 heteroatoms. The van der Waals surface area contributed by atoms with E-state index in [9.17, 15) is 9.90 Å². The average molecular weight is 335 g/mol. The van der Waals surface area contributed by atoms with Crippen LogP contribution in [0.15, 0.2) is 34.8 Å². The van der Waals surface area contributed by atoms with Crippen LogP contribution < -0.4 is 11.1 Å². The number of phenols is 1. The van der Waals surface area contributed by atoms with Crippen LogP contribution in [0.3, 0.4) is 0 Å². The Morgan fingerprint density at radius 3 is 2.60 bits per heavy atom. The van der Waals surface area contributed by atoms with Gasteiger partial charge in [-0.05, 0) is 65.2 Å². The average Bonchev–Trinajstić information content (AvgIpc) is 2.42. The first-order chi connectivity index (χ1) is 9.40. The van der Waals surface area contributed by atoms with Crippen molar-refractivity contribution in [2.45, 2.75) is 13.8 Å². The molecular formula is C15H15BrN2O2. The summed E-state index contributed by atoms with van der Waals surface area (Å²) in [5.41, 5.74) is 9.37. The summed E-state index contributed by atoms with van der Waals surface area (Å²) in [6, 6.07) is 8.32. The Hall–Kier alpha value is -2.01. The zero-order chi connectivity index (χ0) is 14.9. The Balaban J connectivity index is 2.32.